The van der Waals surface area contributed by atoms with E-state index in [1.54, 1.807) is 39.8 Å². The average molecular weight is 342 g/mol. The zero-order valence-electron chi connectivity index (χ0n) is 14.6. The molecule has 2 N–H and O–H groups in total. The third kappa shape index (κ3) is 16.0. The van der Waals surface area contributed by atoms with Crippen LogP contribution in [-0.4, -0.2) is 47.4 Å². The van der Waals surface area contributed by atoms with Gasteiger partial charge in [-0.15, -0.1) is 0 Å². The Bertz CT molecular complexity index is 485. The van der Waals surface area contributed by atoms with Gasteiger partial charge >= 0.3 is 17.9 Å². The molecule has 7 heteroatoms. The van der Waals surface area contributed by atoms with E-state index in [9.17, 15) is 14.4 Å². The summed E-state index contributed by atoms with van der Waals surface area (Å²) in [5.74, 6) is -2.05. The monoisotopic (exact) mass is 342 g/mol. The standard InChI is InChI=1S/C7H10O3.2C5H8O2/c1-5(7(8)9)2-3-6-4-10-6;1-3-5(6)7-4-2;1-3-4(2)5(6)7/h2,6H,3-4H2,1H3,(H,8,9);3H,1,4H2,2H3;3H,1-2H3,(H,6,7). The average Bonchev–Trinajstić information content (AvgIpc) is 3.37. The van der Waals surface area contributed by atoms with Crippen molar-refractivity contribution in [1.29, 1.82) is 0 Å². The third-order valence-corrected chi connectivity index (χ3v) is 2.65. The fraction of sp³-hybridized carbons (Fsp3) is 0.471. The van der Waals surface area contributed by atoms with E-state index in [0.29, 0.717) is 17.8 Å². The third-order valence-electron chi connectivity index (χ3n) is 2.65. The lowest BCUT2D eigenvalue weighted by atomic mass is 10.2. The van der Waals surface area contributed by atoms with Crippen molar-refractivity contribution in [1.82, 2.24) is 0 Å². The number of aliphatic carboxylic acids is 2. The number of hydrogen-bond donors (Lipinski definition) is 2. The smallest absolute Gasteiger partial charge is 0.330 e. The maximum Gasteiger partial charge on any atom is 0.330 e. The highest BCUT2D eigenvalue weighted by Gasteiger charge is 2.20. The maximum absolute atomic E-state index is 10.2. The molecule has 0 aromatic heterocycles. The van der Waals surface area contributed by atoms with Gasteiger partial charge in [0.15, 0.2) is 0 Å². The minimum absolute atomic E-state index is 0.286. The summed E-state index contributed by atoms with van der Waals surface area (Å²) in [5, 5.41) is 16.5. The number of carboxylic acids is 2. The Balaban J connectivity index is 0. The number of hydrogen-bond acceptors (Lipinski definition) is 5. The molecule has 1 aliphatic heterocycles. The SMILES string of the molecule is C=CC(=O)OCC.CC(=CCC1CO1)C(=O)O.CC=C(C)C(=O)O. The molecule has 1 saturated heterocycles. The first-order chi connectivity index (χ1) is 11.2. The van der Waals surface area contributed by atoms with E-state index >= 15 is 0 Å². The Hall–Kier alpha value is -2.41. The summed E-state index contributed by atoms with van der Waals surface area (Å²) in [6, 6.07) is 0. The van der Waals surface area contributed by atoms with Crippen LogP contribution >= 0.6 is 0 Å². The Morgan fingerprint density at radius 3 is 1.92 bits per heavy atom. The zero-order valence-corrected chi connectivity index (χ0v) is 14.6. The zero-order chi connectivity index (χ0) is 19.1. The Morgan fingerprint density at radius 1 is 1.21 bits per heavy atom. The lowest BCUT2D eigenvalue weighted by Gasteiger charge is -1.90. The highest BCUT2D eigenvalue weighted by atomic mass is 16.6. The van der Waals surface area contributed by atoms with Gasteiger partial charge in [-0.1, -0.05) is 18.7 Å². The molecule has 24 heavy (non-hydrogen) atoms. The van der Waals surface area contributed by atoms with E-state index in [1.165, 1.54) is 0 Å². The van der Waals surface area contributed by atoms with Gasteiger partial charge < -0.3 is 19.7 Å². The molecule has 1 heterocycles. The van der Waals surface area contributed by atoms with Gasteiger partial charge in [-0.25, -0.2) is 14.4 Å². The highest BCUT2D eigenvalue weighted by Crippen LogP contribution is 2.14. The van der Waals surface area contributed by atoms with E-state index in [-0.39, 0.29) is 12.1 Å². The Morgan fingerprint density at radius 2 is 1.71 bits per heavy atom. The summed E-state index contributed by atoms with van der Waals surface area (Å²) in [5.41, 5.74) is 0.788. The molecule has 0 aliphatic carbocycles. The number of esters is 1. The van der Waals surface area contributed by atoms with Gasteiger partial charge in [0, 0.05) is 17.2 Å². The van der Waals surface area contributed by atoms with Crippen LogP contribution in [0.5, 0.6) is 0 Å². The number of carbonyl (C=O) groups excluding carboxylic acids is 1. The summed E-state index contributed by atoms with van der Waals surface area (Å²) < 4.78 is 9.34. The van der Waals surface area contributed by atoms with Gasteiger partial charge in [0.1, 0.15) is 0 Å². The van der Waals surface area contributed by atoms with Crippen LogP contribution in [0.3, 0.4) is 0 Å². The lowest BCUT2D eigenvalue weighted by Crippen LogP contribution is -1.97. The summed E-state index contributed by atoms with van der Waals surface area (Å²) in [4.78, 5) is 30.2. The molecule has 7 nitrogen and oxygen atoms in total. The van der Waals surface area contributed by atoms with Gasteiger partial charge in [0.05, 0.1) is 19.3 Å². The number of rotatable bonds is 6. The van der Waals surface area contributed by atoms with Crippen molar-refractivity contribution in [2.75, 3.05) is 13.2 Å². The van der Waals surface area contributed by atoms with Gasteiger partial charge in [-0.3, -0.25) is 0 Å². The number of ether oxygens (including phenoxy) is 2. The van der Waals surface area contributed by atoms with Gasteiger partial charge in [-0.05, 0) is 34.1 Å². The molecule has 1 rings (SSSR count). The fourth-order valence-electron chi connectivity index (χ4n) is 0.924. The van der Waals surface area contributed by atoms with E-state index in [4.69, 9.17) is 14.9 Å². The van der Waals surface area contributed by atoms with Crippen LogP contribution in [-0.2, 0) is 23.9 Å². The first-order valence-electron chi connectivity index (χ1n) is 7.36. The number of epoxide rings is 1. The molecule has 0 amide bonds. The molecule has 1 aliphatic rings. The molecular formula is C17H26O7. The first kappa shape index (κ1) is 23.9. The van der Waals surface area contributed by atoms with Crippen molar-refractivity contribution >= 4 is 17.9 Å². The molecule has 0 radical (unpaired) electrons. The van der Waals surface area contributed by atoms with Crippen molar-refractivity contribution in [2.24, 2.45) is 0 Å². The van der Waals surface area contributed by atoms with Crippen molar-refractivity contribution < 1.29 is 34.1 Å². The topological polar surface area (TPSA) is 113 Å². The number of allylic oxidation sites excluding steroid dienone is 1. The molecule has 1 unspecified atom stereocenters. The van der Waals surface area contributed by atoms with Crippen molar-refractivity contribution in [3.63, 3.8) is 0 Å². The predicted octanol–water partition coefficient (Wildman–Crippen LogP) is 2.58. The van der Waals surface area contributed by atoms with Crippen LogP contribution in [0.1, 0.15) is 34.1 Å². The predicted molar refractivity (Wildman–Crippen MR) is 89.6 cm³/mol. The molecule has 0 aromatic carbocycles. The van der Waals surface area contributed by atoms with Crippen LogP contribution < -0.4 is 0 Å². The minimum Gasteiger partial charge on any atom is -0.478 e. The molecule has 1 fully saturated rings. The Kier molecular flexibility index (Phi) is 14.1. The number of carbonyl (C=O) groups is 3. The second-order valence-electron chi connectivity index (χ2n) is 4.62. The molecule has 1 atom stereocenters. The van der Waals surface area contributed by atoms with E-state index in [2.05, 4.69) is 11.3 Å². The largest absolute Gasteiger partial charge is 0.478 e. The normalized spacial score (nSPS) is 15.8. The minimum atomic E-state index is -0.847. The van der Waals surface area contributed by atoms with Gasteiger partial charge in [0.25, 0.3) is 0 Å². The lowest BCUT2D eigenvalue weighted by molar-refractivity contribution is -0.137. The Labute approximate surface area is 142 Å². The highest BCUT2D eigenvalue weighted by molar-refractivity contribution is 5.86. The molecule has 136 valence electrons. The van der Waals surface area contributed by atoms with Crippen LogP contribution in [0.4, 0.5) is 0 Å². The van der Waals surface area contributed by atoms with Crippen LogP contribution in [0.15, 0.2) is 36.0 Å². The van der Waals surface area contributed by atoms with E-state index in [0.717, 1.165) is 19.1 Å². The number of carboxylic acid groups (broad SMARTS) is 2. The maximum atomic E-state index is 10.2. The van der Waals surface area contributed by atoms with Crippen LogP contribution in [0, 0.1) is 0 Å². The quantitative estimate of drug-likeness (QED) is 0.433. The van der Waals surface area contributed by atoms with E-state index in [1.807, 2.05) is 0 Å². The van der Waals surface area contributed by atoms with Gasteiger partial charge in [0.2, 0.25) is 0 Å². The molecule has 0 spiro atoms. The van der Waals surface area contributed by atoms with E-state index < -0.39 is 11.9 Å². The summed E-state index contributed by atoms with van der Waals surface area (Å²) >= 11 is 0. The second-order valence-corrected chi connectivity index (χ2v) is 4.62. The molecule has 0 aromatic rings. The van der Waals surface area contributed by atoms with Gasteiger partial charge in [-0.2, -0.15) is 0 Å². The van der Waals surface area contributed by atoms with Crippen molar-refractivity contribution in [3.05, 3.63) is 36.0 Å². The molecular weight excluding hydrogens is 316 g/mol. The fourth-order valence-corrected chi connectivity index (χ4v) is 0.924. The van der Waals surface area contributed by atoms with Crippen molar-refractivity contribution in [3.8, 4) is 0 Å². The summed E-state index contributed by atoms with van der Waals surface area (Å²) in [6.45, 7) is 11.0. The summed E-state index contributed by atoms with van der Waals surface area (Å²) in [7, 11) is 0. The van der Waals surface area contributed by atoms with Crippen LogP contribution in [0.2, 0.25) is 0 Å². The molecule has 0 saturated carbocycles. The molecule has 0 bridgehead atoms. The van der Waals surface area contributed by atoms with Crippen molar-refractivity contribution in [2.45, 2.75) is 40.2 Å². The first-order valence-corrected chi connectivity index (χ1v) is 7.36. The van der Waals surface area contributed by atoms with Crippen LogP contribution in [0.25, 0.3) is 0 Å². The summed E-state index contributed by atoms with van der Waals surface area (Å²) in [6.07, 6.45) is 5.42. The second kappa shape index (κ2) is 14.2.